The topological polar surface area (TPSA) is 29.3 Å². The van der Waals surface area contributed by atoms with Gasteiger partial charge in [0.05, 0.1) is 0 Å². The molecule has 106 valence electrons. The van der Waals surface area contributed by atoms with Gasteiger partial charge in [0, 0.05) is 18.6 Å². The van der Waals surface area contributed by atoms with Crippen LogP contribution in [0.15, 0.2) is 0 Å². The van der Waals surface area contributed by atoms with E-state index in [0.29, 0.717) is 6.04 Å². The Kier molecular flexibility index (Phi) is 5.08. The van der Waals surface area contributed by atoms with E-state index in [2.05, 4.69) is 25.7 Å². The predicted octanol–water partition coefficient (Wildman–Crippen LogP) is 3.26. The Bertz CT molecular complexity index is 223. The van der Waals surface area contributed by atoms with Gasteiger partial charge < -0.3 is 10.6 Å². The number of hydrogen-bond donors (Lipinski definition) is 1. The third-order valence-corrected chi connectivity index (χ3v) is 5.38. The molecule has 4 unspecified atom stereocenters. The van der Waals surface area contributed by atoms with Crippen LogP contribution in [0, 0.1) is 17.8 Å². The van der Waals surface area contributed by atoms with Gasteiger partial charge in [0.15, 0.2) is 0 Å². The maximum Gasteiger partial charge on any atom is 0.00981 e. The van der Waals surface area contributed by atoms with Crippen molar-refractivity contribution in [3.63, 3.8) is 0 Å². The molecular formula is C16H32N2. The summed E-state index contributed by atoms with van der Waals surface area (Å²) in [6.07, 6.45) is 8.45. The molecule has 0 radical (unpaired) electrons. The lowest BCUT2D eigenvalue weighted by molar-refractivity contribution is 0.0678. The zero-order valence-electron chi connectivity index (χ0n) is 12.6. The average Bonchev–Trinajstić information content (AvgIpc) is 2.39. The van der Waals surface area contributed by atoms with E-state index < -0.39 is 0 Å². The third kappa shape index (κ3) is 3.48. The minimum Gasteiger partial charge on any atom is -0.328 e. The first-order valence-electron chi connectivity index (χ1n) is 8.07. The first kappa shape index (κ1) is 14.3. The quantitative estimate of drug-likeness (QED) is 0.835. The lowest BCUT2D eigenvalue weighted by atomic mass is 9.78. The first-order chi connectivity index (χ1) is 8.58. The number of rotatable bonds is 3. The maximum atomic E-state index is 6.11. The summed E-state index contributed by atoms with van der Waals surface area (Å²) in [6, 6.07) is 1.23. The van der Waals surface area contributed by atoms with Gasteiger partial charge in [0.2, 0.25) is 0 Å². The summed E-state index contributed by atoms with van der Waals surface area (Å²) >= 11 is 0. The van der Waals surface area contributed by atoms with Crippen LogP contribution in [0.5, 0.6) is 0 Å². The smallest absolute Gasteiger partial charge is 0.00981 e. The average molecular weight is 252 g/mol. The standard InChI is InChI=1S/C16H32N2/c1-12(2)14-6-4-8-16(10-14)18-9-5-7-15(11-18)13(3)17/h12-16H,4-11,17H2,1-3H3. The van der Waals surface area contributed by atoms with E-state index >= 15 is 0 Å². The molecule has 1 aliphatic carbocycles. The number of hydrogen-bond acceptors (Lipinski definition) is 2. The molecule has 2 fully saturated rings. The molecule has 0 amide bonds. The molecule has 2 heteroatoms. The van der Waals surface area contributed by atoms with Gasteiger partial charge in [-0.3, -0.25) is 0 Å². The lowest BCUT2D eigenvalue weighted by Crippen LogP contribution is -2.48. The predicted molar refractivity (Wildman–Crippen MR) is 78.5 cm³/mol. The second-order valence-corrected chi connectivity index (χ2v) is 7.08. The monoisotopic (exact) mass is 252 g/mol. The van der Waals surface area contributed by atoms with Crippen LogP contribution in [0.25, 0.3) is 0 Å². The van der Waals surface area contributed by atoms with Gasteiger partial charge >= 0.3 is 0 Å². The molecule has 4 atom stereocenters. The van der Waals surface area contributed by atoms with Crippen molar-refractivity contribution in [3.05, 3.63) is 0 Å². The molecule has 0 aromatic carbocycles. The summed E-state index contributed by atoms with van der Waals surface area (Å²) in [7, 11) is 0. The Morgan fingerprint density at radius 3 is 2.39 bits per heavy atom. The van der Waals surface area contributed by atoms with Crippen LogP contribution in [0.3, 0.4) is 0 Å². The van der Waals surface area contributed by atoms with E-state index in [-0.39, 0.29) is 0 Å². The second-order valence-electron chi connectivity index (χ2n) is 7.08. The van der Waals surface area contributed by atoms with Gasteiger partial charge in [-0.25, -0.2) is 0 Å². The van der Waals surface area contributed by atoms with Gasteiger partial charge in [-0.2, -0.15) is 0 Å². The fourth-order valence-electron chi connectivity index (χ4n) is 3.94. The molecule has 1 saturated carbocycles. The molecular weight excluding hydrogens is 220 g/mol. The number of nitrogens with two attached hydrogens (primary N) is 1. The third-order valence-electron chi connectivity index (χ3n) is 5.38. The number of nitrogens with zero attached hydrogens (tertiary/aromatic N) is 1. The first-order valence-corrected chi connectivity index (χ1v) is 8.07. The van der Waals surface area contributed by atoms with Gasteiger partial charge in [-0.05, 0) is 56.9 Å². The SMILES string of the molecule is CC(C)C1CCCC(N2CCCC(C(C)N)C2)C1. The van der Waals surface area contributed by atoms with E-state index in [1.54, 1.807) is 0 Å². The molecule has 2 aliphatic rings. The van der Waals surface area contributed by atoms with Gasteiger partial charge in [-0.15, -0.1) is 0 Å². The summed E-state index contributed by atoms with van der Waals surface area (Å²) in [5, 5.41) is 0. The van der Waals surface area contributed by atoms with Crippen LogP contribution >= 0.6 is 0 Å². The van der Waals surface area contributed by atoms with Crippen molar-refractivity contribution in [1.29, 1.82) is 0 Å². The molecule has 2 nitrogen and oxygen atoms in total. The van der Waals surface area contributed by atoms with Crippen molar-refractivity contribution in [2.75, 3.05) is 13.1 Å². The van der Waals surface area contributed by atoms with Crippen LogP contribution in [0.2, 0.25) is 0 Å². The summed E-state index contributed by atoms with van der Waals surface area (Å²) in [5.41, 5.74) is 6.11. The largest absolute Gasteiger partial charge is 0.328 e. The van der Waals surface area contributed by atoms with Crippen molar-refractivity contribution in [1.82, 2.24) is 4.90 Å². The van der Waals surface area contributed by atoms with Crippen molar-refractivity contribution in [3.8, 4) is 0 Å². The Morgan fingerprint density at radius 1 is 1.00 bits per heavy atom. The summed E-state index contributed by atoms with van der Waals surface area (Å²) in [5.74, 6) is 2.56. The van der Waals surface area contributed by atoms with Crippen LogP contribution < -0.4 is 5.73 Å². The molecule has 0 aromatic heterocycles. The molecule has 2 rings (SSSR count). The molecule has 1 aliphatic heterocycles. The molecule has 2 N–H and O–H groups in total. The van der Waals surface area contributed by atoms with E-state index in [1.807, 2.05) is 0 Å². The molecule has 0 spiro atoms. The summed E-state index contributed by atoms with van der Waals surface area (Å²) < 4.78 is 0. The van der Waals surface area contributed by atoms with Gasteiger partial charge in [-0.1, -0.05) is 26.7 Å². The molecule has 18 heavy (non-hydrogen) atoms. The zero-order valence-corrected chi connectivity index (χ0v) is 12.6. The van der Waals surface area contributed by atoms with Crippen molar-refractivity contribution < 1.29 is 0 Å². The van der Waals surface area contributed by atoms with Gasteiger partial charge in [0.25, 0.3) is 0 Å². The number of piperidine rings is 1. The van der Waals surface area contributed by atoms with Crippen molar-refractivity contribution in [2.24, 2.45) is 23.5 Å². The minimum atomic E-state index is 0.372. The Labute approximate surface area is 113 Å². The van der Waals surface area contributed by atoms with E-state index in [9.17, 15) is 0 Å². The van der Waals surface area contributed by atoms with E-state index in [0.717, 1.165) is 23.8 Å². The highest BCUT2D eigenvalue weighted by Gasteiger charge is 2.31. The number of likely N-dealkylation sites (tertiary alicyclic amines) is 1. The van der Waals surface area contributed by atoms with Crippen LogP contribution in [-0.2, 0) is 0 Å². The minimum absolute atomic E-state index is 0.372. The maximum absolute atomic E-state index is 6.11. The highest BCUT2D eigenvalue weighted by Crippen LogP contribution is 2.34. The Hall–Kier alpha value is -0.0800. The van der Waals surface area contributed by atoms with Crippen LogP contribution in [0.1, 0.15) is 59.3 Å². The zero-order chi connectivity index (χ0) is 13.1. The molecule has 1 saturated heterocycles. The molecule has 0 bridgehead atoms. The summed E-state index contributed by atoms with van der Waals surface area (Å²) in [4.78, 5) is 2.77. The van der Waals surface area contributed by atoms with Crippen molar-refractivity contribution >= 4 is 0 Å². The fraction of sp³-hybridized carbons (Fsp3) is 1.00. The van der Waals surface area contributed by atoms with Crippen LogP contribution in [0.4, 0.5) is 0 Å². The normalized spacial score (nSPS) is 36.8. The Balaban J connectivity index is 1.90. The van der Waals surface area contributed by atoms with E-state index in [1.165, 1.54) is 51.6 Å². The van der Waals surface area contributed by atoms with Crippen molar-refractivity contribution in [2.45, 2.75) is 71.4 Å². The highest BCUT2D eigenvalue weighted by molar-refractivity contribution is 4.86. The molecule has 1 heterocycles. The van der Waals surface area contributed by atoms with E-state index in [4.69, 9.17) is 5.73 Å². The fourth-order valence-corrected chi connectivity index (χ4v) is 3.94. The second kappa shape index (κ2) is 6.38. The van der Waals surface area contributed by atoms with Gasteiger partial charge in [0.1, 0.15) is 0 Å². The highest BCUT2D eigenvalue weighted by atomic mass is 15.2. The summed E-state index contributed by atoms with van der Waals surface area (Å²) in [6.45, 7) is 9.56. The lowest BCUT2D eigenvalue weighted by Gasteiger charge is -2.43. The molecule has 0 aromatic rings. The van der Waals surface area contributed by atoms with Crippen LogP contribution in [-0.4, -0.2) is 30.1 Å². The Morgan fingerprint density at radius 2 is 1.72 bits per heavy atom.